The Kier molecular flexibility index (Phi) is 16.0. The molecule has 0 saturated carbocycles. The molecule has 1 atom stereocenters. The zero-order chi connectivity index (χ0) is 42.9. The lowest BCUT2D eigenvalue weighted by Crippen LogP contribution is -2.21. The molecule has 0 bridgehead atoms. The van der Waals surface area contributed by atoms with Gasteiger partial charge in [-0.25, -0.2) is 4.99 Å². The van der Waals surface area contributed by atoms with Crippen LogP contribution >= 0.6 is 0 Å². The fourth-order valence-electron chi connectivity index (χ4n) is 7.21. The average Bonchev–Trinajstić information content (AvgIpc) is 3.31. The molecule has 1 aliphatic carbocycles. The summed E-state index contributed by atoms with van der Waals surface area (Å²) in [5, 5.41) is 8.10. The molecule has 3 N–H and O–H groups in total. The van der Waals surface area contributed by atoms with Crippen molar-refractivity contribution >= 4 is 35.7 Å². The first kappa shape index (κ1) is 44.2. The molecule has 60 heavy (non-hydrogen) atoms. The van der Waals surface area contributed by atoms with Crippen LogP contribution in [0.2, 0.25) is 0 Å². The lowest BCUT2D eigenvalue weighted by molar-refractivity contribution is 0.724. The van der Waals surface area contributed by atoms with E-state index in [-0.39, 0.29) is 0 Å². The van der Waals surface area contributed by atoms with Crippen LogP contribution < -0.4 is 5.73 Å². The number of hydrogen-bond donors (Lipinski definition) is 2. The lowest BCUT2D eigenvalue weighted by Gasteiger charge is -2.29. The largest absolute Gasteiger partial charge is 0.383 e. The minimum atomic E-state index is -0.478. The van der Waals surface area contributed by atoms with Gasteiger partial charge in [-0.1, -0.05) is 177 Å². The van der Waals surface area contributed by atoms with E-state index in [0.29, 0.717) is 5.84 Å². The molecule has 6 aromatic carbocycles. The maximum absolute atomic E-state index is 8.10. The van der Waals surface area contributed by atoms with Gasteiger partial charge in [0.25, 0.3) is 0 Å². The molecule has 7 rings (SSSR count). The van der Waals surface area contributed by atoms with Crippen LogP contribution in [0.4, 0.5) is 5.69 Å². The number of nitrogens with one attached hydrogen (secondary N) is 1. The first-order valence-corrected chi connectivity index (χ1v) is 20.8. The van der Waals surface area contributed by atoms with Gasteiger partial charge in [-0.2, -0.15) is 0 Å². The molecule has 0 spiro atoms. The zero-order valence-corrected chi connectivity index (χ0v) is 36.0. The quantitative estimate of drug-likeness (QED) is 0.0996. The van der Waals surface area contributed by atoms with Gasteiger partial charge >= 0.3 is 0 Å². The summed E-state index contributed by atoms with van der Waals surface area (Å²) in [4.78, 5) is 9.35. The van der Waals surface area contributed by atoms with Crippen LogP contribution in [-0.2, 0) is 5.41 Å². The SMILES string of the molecule is C=N/C(=C\C(C)(c1ccccc1)c1ccc(-c2ccccc2)cc1)c1cccc(-c2cccc(N=C(N)/C(C)=C(/C=N)c3ccccc3C)c2)c1.CC.CC1=CC=CCC1. The number of nitrogens with zero attached hydrogens (tertiary/aromatic N) is 2. The van der Waals surface area contributed by atoms with Crippen LogP contribution in [0.25, 0.3) is 33.5 Å². The fraction of sp³-hybridized carbons (Fsp3) is 0.161. The number of hydrogen-bond acceptors (Lipinski definition) is 3. The Labute approximate surface area is 358 Å². The number of amidine groups is 1. The van der Waals surface area contributed by atoms with Gasteiger partial charge in [0.1, 0.15) is 5.84 Å². The highest BCUT2D eigenvalue weighted by atomic mass is 14.9. The first-order chi connectivity index (χ1) is 29.2. The molecular formula is C56H58N4. The zero-order valence-electron chi connectivity index (χ0n) is 36.0. The summed E-state index contributed by atoms with van der Waals surface area (Å²) in [7, 11) is 0. The molecule has 4 nitrogen and oxygen atoms in total. The highest BCUT2D eigenvalue weighted by Gasteiger charge is 2.28. The summed E-state index contributed by atoms with van der Waals surface area (Å²) in [6, 6.07) is 54.2. The van der Waals surface area contributed by atoms with Crippen molar-refractivity contribution in [2.24, 2.45) is 15.7 Å². The highest BCUT2D eigenvalue weighted by Crippen LogP contribution is 2.38. The van der Waals surface area contributed by atoms with E-state index in [2.05, 4.69) is 147 Å². The summed E-state index contributed by atoms with van der Waals surface area (Å²) < 4.78 is 0. The van der Waals surface area contributed by atoms with Gasteiger partial charge in [-0.3, -0.25) is 4.99 Å². The average molecular weight is 787 g/mol. The van der Waals surface area contributed by atoms with Crippen LogP contribution in [0.15, 0.2) is 203 Å². The Balaban J connectivity index is 0.000000680. The minimum Gasteiger partial charge on any atom is -0.383 e. The molecular weight excluding hydrogens is 729 g/mol. The Hall–Kier alpha value is -6.91. The molecule has 0 saturated heterocycles. The van der Waals surface area contributed by atoms with Crippen LogP contribution in [0, 0.1) is 12.3 Å². The smallest absolute Gasteiger partial charge is 0.127 e. The number of benzene rings is 6. The van der Waals surface area contributed by atoms with E-state index in [4.69, 9.17) is 16.1 Å². The third-order valence-electron chi connectivity index (χ3n) is 10.7. The van der Waals surface area contributed by atoms with Crippen molar-refractivity contribution in [2.45, 2.75) is 59.8 Å². The van der Waals surface area contributed by atoms with Gasteiger partial charge < -0.3 is 11.1 Å². The van der Waals surface area contributed by atoms with Gasteiger partial charge in [0.2, 0.25) is 0 Å². The van der Waals surface area contributed by atoms with Crippen LogP contribution in [0.5, 0.6) is 0 Å². The number of aliphatic imine (C=N–C) groups is 2. The summed E-state index contributed by atoms with van der Waals surface area (Å²) in [6.45, 7) is 16.4. The predicted octanol–water partition coefficient (Wildman–Crippen LogP) is 14.8. The van der Waals surface area contributed by atoms with E-state index < -0.39 is 5.41 Å². The summed E-state index contributed by atoms with van der Waals surface area (Å²) in [5.74, 6) is 0.376. The number of nitrogens with two attached hydrogens (primary N) is 1. The van der Waals surface area contributed by atoms with Crippen molar-refractivity contribution < 1.29 is 0 Å². The van der Waals surface area contributed by atoms with E-state index in [9.17, 15) is 0 Å². The van der Waals surface area contributed by atoms with Gasteiger partial charge in [0.15, 0.2) is 0 Å². The second kappa shape index (κ2) is 21.7. The molecule has 0 aliphatic heterocycles. The second-order valence-electron chi connectivity index (χ2n) is 14.8. The normalized spacial score (nSPS) is 13.9. The standard InChI is InChI=1S/C47H42N4.C7H10.C2H6/c1-33-15-11-12-24-43(33)44(32-48)34(2)46(49)51-42-23-14-19-38(30-42)37-18-13-20-39(29-37)45(50-4)31-47(3,40-21-9-6-10-22-40)41-27-25-36(26-28-41)35-16-7-5-8-17-35;1-7-5-3-2-4-6-7;1-2/h5-32,48H,4H2,1-3H3,(H2,49,51);2-3,5H,4,6H2,1H3;1-2H3/b44-34-,45-31-,48-32?;;. The topological polar surface area (TPSA) is 74.6 Å². The molecule has 1 aliphatic rings. The molecule has 0 aromatic heterocycles. The Bertz CT molecular complexity index is 2520. The fourth-order valence-corrected chi connectivity index (χ4v) is 7.21. The molecule has 302 valence electrons. The maximum atomic E-state index is 8.10. The van der Waals surface area contributed by atoms with Crippen LogP contribution in [-0.4, -0.2) is 18.8 Å². The van der Waals surface area contributed by atoms with Crippen molar-refractivity contribution in [3.8, 4) is 22.3 Å². The predicted molar refractivity (Wildman–Crippen MR) is 261 cm³/mol. The first-order valence-electron chi connectivity index (χ1n) is 20.8. The van der Waals surface area contributed by atoms with Gasteiger partial charge in [-0.15, -0.1) is 0 Å². The second-order valence-corrected chi connectivity index (χ2v) is 14.8. The Morgan fingerprint density at radius 2 is 1.28 bits per heavy atom. The van der Waals surface area contributed by atoms with E-state index in [1.165, 1.54) is 35.8 Å². The number of aryl methyl sites for hydroxylation is 1. The lowest BCUT2D eigenvalue weighted by atomic mass is 9.75. The number of rotatable bonds is 11. The third-order valence-corrected chi connectivity index (χ3v) is 10.7. The monoisotopic (exact) mass is 786 g/mol. The molecule has 0 fully saturated rings. The van der Waals surface area contributed by atoms with Crippen molar-refractivity contribution in [1.82, 2.24) is 0 Å². The maximum Gasteiger partial charge on any atom is 0.127 e. The molecule has 6 aromatic rings. The Morgan fingerprint density at radius 1 is 0.700 bits per heavy atom. The summed E-state index contributed by atoms with van der Waals surface area (Å²) in [5.41, 5.74) is 20.3. The van der Waals surface area contributed by atoms with E-state index >= 15 is 0 Å². The molecule has 4 heteroatoms. The molecule has 0 heterocycles. The Morgan fingerprint density at radius 3 is 1.88 bits per heavy atom. The van der Waals surface area contributed by atoms with E-state index in [1.54, 1.807) is 0 Å². The van der Waals surface area contributed by atoms with E-state index in [1.807, 2.05) is 88.4 Å². The van der Waals surface area contributed by atoms with Crippen LogP contribution in [0.3, 0.4) is 0 Å². The van der Waals surface area contributed by atoms with Crippen LogP contribution in [0.1, 0.15) is 75.3 Å². The molecule has 1 unspecified atom stereocenters. The van der Waals surface area contributed by atoms with Crippen molar-refractivity contribution in [3.63, 3.8) is 0 Å². The van der Waals surface area contributed by atoms with Gasteiger partial charge in [0, 0.05) is 28.3 Å². The minimum absolute atomic E-state index is 0.376. The van der Waals surface area contributed by atoms with E-state index in [0.717, 1.165) is 61.5 Å². The number of allylic oxidation sites excluding steroid dienone is 6. The van der Waals surface area contributed by atoms with Crippen molar-refractivity contribution in [1.29, 1.82) is 5.41 Å². The molecule has 0 radical (unpaired) electrons. The van der Waals surface area contributed by atoms with Gasteiger partial charge in [0.05, 0.1) is 11.4 Å². The van der Waals surface area contributed by atoms with Crippen molar-refractivity contribution in [2.75, 3.05) is 0 Å². The van der Waals surface area contributed by atoms with Gasteiger partial charge in [-0.05, 0) is 116 Å². The van der Waals surface area contributed by atoms with Crippen molar-refractivity contribution in [3.05, 3.63) is 221 Å². The molecule has 0 amide bonds. The highest BCUT2D eigenvalue weighted by molar-refractivity contribution is 6.19. The summed E-state index contributed by atoms with van der Waals surface area (Å²) in [6.07, 6.45) is 12.6. The summed E-state index contributed by atoms with van der Waals surface area (Å²) >= 11 is 0. The third kappa shape index (κ3) is 11.2.